The van der Waals surface area contributed by atoms with E-state index in [2.05, 4.69) is 15.0 Å². The van der Waals surface area contributed by atoms with Crippen molar-refractivity contribution in [3.8, 4) is 0 Å². The Labute approximate surface area is 184 Å². The highest BCUT2D eigenvalue weighted by molar-refractivity contribution is 7.89. The molecular weight excluding hydrogens is 441 g/mol. The van der Waals surface area contributed by atoms with Crippen molar-refractivity contribution < 1.29 is 22.3 Å². The summed E-state index contributed by atoms with van der Waals surface area (Å²) in [6.45, 7) is 2.15. The van der Waals surface area contributed by atoms with Gasteiger partial charge >= 0.3 is 0 Å². The number of nitrogens with one attached hydrogen (secondary N) is 2. The van der Waals surface area contributed by atoms with E-state index in [1.54, 1.807) is 25.1 Å². The molecule has 0 radical (unpaired) electrons. The molecule has 0 aliphatic heterocycles. The number of sulfonamides is 1. The minimum atomic E-state index is -3.76. The second-order valence-corrected chi connectivity index (χ2v) is 9.52. The number of methoxy groups -OCH3 is 1. The van der Waals surface area contributed by atoms with Crippen LogP contribution in [0.15, 0.2) is 53.4 Å². The summed E-state index contributed by atoms with van der Waals surface area (Å²) in [5.74, 6) is -0.779. The number of aromatic nitrogens is 1. The Kier molecular flexibility index (Phi) is 7.50. The molecule has 0 aliphatic rings. The topological polar surface area (TPSA) is 97.4 Å². The largest absolute Gasteiger partial charge is 0.383 e. The summed E-state index contributed by atoms with van der Waals surface area (Å²) in [5.41, 5.74) is 1.42. The van der Waals surface area contributed by atoms with E-state index < -0.39 is 15.9 Å². The van der Waals surface area contributed by atoms with Gasteiger partial charge < -0.3 is 4.74 Å². The van der Waals surface area contributed by atoms with E-state index in [9.17, 15) is 17.6 Å². The first-order valence-electron chi connectivity index (χ1n) is 9.40. The molecule has 1 amide bonds. The van der Waals surface area contributed by atoms with E-state index in [0.717, 1.165) is 4.88 Å². The average Bonchev–Trinajstić information content (AvgIpc) is 3.08. The van der Waals surface area contributed by atoms with Gasteiger partial charge in [0.05, 0.1) is 17.2 Å². The van der Waals surface area contributed by atoms with Gasteiger partial charge in [0.25, 0.3) is 5.91 Å². The monoisotopic (exact) mass is 463 g/mol. The third kappa shape index (κ3) is 5.95. The van der Waals surface area contributed by atoms with Crippen LogP contribution in [-0.2, 0) is 21.2 Å². The minimum absolute atomic E-state index is 0.0215. The lowest BCUT2D eigenvalue weighted by Crippen LogP contribution is -2.27. The Morgan fingerprint density at radius 1 is 1.19 bits per heavy atom. The zero-order valence-electron chi connectivity index (χ0n) is 17.0. The maximum atomic E-state index is 13.9. The van der Waals surface area contributed by atoms with E-state index in [4.69, 9.17) is 4.74 Å². The number of hydrogen-bond acceptors (Lipinski definition) is 6. The molecule has 7 nitrogen and oxygen atoms in total. The zero-order chi connectivity index (χ0) is 22.4. The molecule has 1 heterocycles. The first-order valence-corrected chi connectivity index (χ1v) is 11.7. The predicted octanol–water partition coefficient (Wildman–Crippen LogP) is 3.36. The Bertz CT molecular complexity index is 1180. The lowest BCUT2D eigenvalue weighted by molar-refractivity contribution is 0.102. The van der Waals surface area contributed by atoms with Gasteiger partial charge in [-0.3, -0.25) is 10.1 Å². The van der Waals surface area contributed by atoms with Crippen LogP contribution in [0.1, 0.15) is 26.5 Å². The van der Waals surface area contributed by atoms with Crippen molar-refractivity contribution in [2.24, 2.45) is 0 Å². The van der Waals surface area contributed by atoms with Gasteiger partial charge in [0.1, 0.15) is 5.82 Å². The number of anilines is 1. The van der Waals surface area contributed by atoms with Crippen LogP contribution in [0.5, 0.6) is 0 Å². The summed E-state index contributed by atoms with van der Waals surface area (Å²) in [6, 6.07) is 12.2. The standard InChI is InChI=1S/C21H22FN3O4S2/c1-14-19(13-15-6-3-4-9-18(15)22)30-21(24-14)25-20(26)16-7-5-8-17(12-16)31(27,28)23-10-11-29-2/h3-9,12,23H,10-11,13H2,1-2H3,(H,24,25,26). The molecule has 0 saturated heterocycles. The van der Waals surface area contributed by atoms with Gasteiger partial charge in [0.15, 0.2) is 5.13 Å². The number of carbonyl (C=O) groups excluding carboxylic acids is 1. The fraction of sp³-hybridized carbons (Fsp3) is 0.238. The molecule has 0 unspecified atom stereocenters. The Hall–Kier alpha value is -2.66. The molecule has 164 valence electrons. The van der Waals surface area contributed by atoms with Gasteiger partial charge in [-0.15, -0.1) is 11.3 Å². The number of aryl methyl sites for hydroxylation is 1. The molecule has 1 aromatic heterocycles. The molecule has 0 saturated carbocycles. The molecule has 0 spiro atoms. The Balaban J connectivity index is 1.73. The van der Waals surface area contributed by atoms with Crippen molar-refractivity contribution in [1.29, 1.82) is 0 Å². The van der Waals surface area contributed by atoms with Gasteiger partial charge in [0, 0.05) is 30.5 Å². The maximum Gasteiger partial charge on any atom is 0.257 e. The molecule has 0 bridgehead atoms. The molecule has 3 rings (SSSR count). The number of nitrogens with zero attached hydrogens (tertiary/aromatic N) is 1. The summed E-state index contributed by atoms with van der Waals surface area (Å²) in [6.07, 6.45) is 0.368. The molecular formula is C21H22FN3O4S2. The van der Waals surface area contributed by atoms with E-state index in [0.29, 0.717) is 22.8 Å². The number of rotatable bonds is 9. The number of halogens is 1. The van der Waals surface area contributed by atoms with Crippen LogP contribution >= 0.6 is 11.3 Å². The first-order chi connectivity index (χ1) is 14.8. The summed E-state index contributed by atoms with van der Waals surface area (Å²) < 4.78 is 45.9. The van der Waals surface area contributed by atoms with E-state index in [-0.39, 0.29) is 29.4 Å². The van der Waals surface area contributed by atoms with Crippen LogP contribution < -0.4 is 10.0 Å². The van der Waals surface area contributed by atoms with Crippen LogP contribution in [0, 0.1) is 12.7 Å². The highest BCUT2D eigenvalue weighted by Gasteiger charge is 2.17. The number of amides is 1. The van der Waals surface area contributed by atoms with E-state index >= 15 is 0 Å². The lowest BCUT2D eigenvalue weighted by Gasteiger charge is -2.08. The second kappa shape index (κ2) is 10.1. The van der Waals surface area contributed by atoms with Gasteiger partial charge in [-0.1, -0.05) is 24.3 Å². The molecule has 0 atom stereocenters. The van der Waals surface area contributed by atoms with Crippen LogP contribution in [-0.4, -0.2) is 39.6 Å². The maximum absolute atomic E-state index is 13.9. The second-order valence-electron chi connectivity index (χ2n) is 6.67. The number of ether oxygens (including phenoxy) is 1. The third-order valence-electron chi connectivity index (χ3n) is 4.43. The van der Waals surface area contributed by atoms with Crippen LogP contribution in [0.2, 0.25) is 0 Å². The quantitative estimate of drug-likeness (QED) is 0.474. The van der Waals surface area contributed by atoms with Crippen molar-refractivity contribution in [3.05, 3.63) is 76.0 Å². The highest BCUT2D eigenvalue weighted by atomic mass is 32.2. The van der Waals surface area contributed by atoms with Crippen molar-refractivity contribution in [1.82, 2.24) is 9.71 Å². The van der Waals surface area contributed by atoms with Gasteiger partial charge in [-0.2, -0.15) is 0 Å². The number of hydrogen-bond donors (Lipinski definition) is 2. The summed E-state index contributed by atoms with van der Waals surface area (Å²) in [7, 11) is -2.29. The van der Waals surface area contributed by atoms with Crippen molar-refractivity contribution in [3.63, 3.8) is 0 Å². The Morgan fingerprint density at radius 2 is 1.97 bits per heavy atom. The first kappa shape index (κ1) is 23.0. The Morgan fingerprint density at radius 3 is 2.71 bits per heavy atom. The number of thiazole rings is 1. The molecule has 0 fully saturated rings. The molecule has 10 heteroatoms. The molecule has 0 aliphatic carbocycles. The molecule has 3 aromatic rings. The SMILES string of the molecule is COCCNS(=O)(=O)c1cccc(C(=O)Nc2nc(C)c(Cc3ccccc3F)s2)c1. The van der Waals surface area contributed by atoms with Gasteiger partial charge in [0.2, 0.25) is 10.0 Å². The lowest BCUT2D eigenvalue weighted by atomic mass is 10.1. The summed E-state index contributed by atoms with van der Waals surface area (Å²) in [4.78, 5) is 17.8. The fourth-order valence-corrected chi connectivity index (χ4v) is 4.83. The van der Waals surface area contributed by atoms with Crippen LogP contribution in [0.25, 0.3) is 0 Å². The minimum Gasteiger partial charge on any atom is -0.383 e. The zero-order valence-corrected chi connectivity index (χ0v) is 18.6. The van der Waals surface area contributed by atoms with Crippen molar-refractivity contribution in [2.75, 3.05) is 25.6 Å². The van der Waals surface area contributed by atoms with Crippen LogP contribution in [0.3, 0.4) is 0 Å². The molecule has 31 heavy (non-hydrogen) atoms. The molecule has 2 N–H and O–H groups in total. The van der Waals surface area contributed by atoms with Crippen molar-refractivity contribution >= 4 is 32.4 Å². The van der Waals surface area contributed by atoms with E-state index in [1.165, 1.54) is 48.8 Å². The third-order valence-corrected chi connectivity index (χ3v) is 6.96. The normalized spacial score (nSPS) is 11.5. The van der Waals surface area contributed by atoms with Crippen molar-refractivity contribution in [2.45, 2.75) is 18.2 Å². The van der Waals surface area contributed by atoms with Gasteiger partial charge in [-0.05, 0) is 36.8 Å². The molecule has 2 aromatic carbocycles. The smallest absolute Gasteiger partial charge is 0.257 e. The number of carbonyl (C=O) groups is 1. The van der Waals surface area contributed by atoms with E-state index in [1.807, 2.05) is 0 Å². The van der Waals surface area contributed by atoms with Crippen LogP contribution in [0.4, 0.5) is 9.52 Å². The average molecular weight is 464 g/mol. The predicted molar refractivity (Wildman–Crippen MR) is 118 cm³/mol. The highest BCUT2D eigenvalue weighted by Crippen LogP contribution is 2.26. The summed E-state index contributed by atoms with van der Waals surface area (Å²) in [5, 5.41) is 3.05. The fourth-order valence-electron chi connectivity index (χ4n) is 2.80. The summed E-state index contributed by atoms with van der Waals surface area (Å²) >= 11 is 1.26. The number of benzene rings is 2. The van der Waals surface area contributed by atoms with Gasteiger partial charge in [-0.25, -0.2) is 22.5 Å².